The van der Waals surface area contributed by atoms with Crippen LogP contribution < -0.4 is 4.90 Å². The zero-order valence-electron chi connectivity index (χ0n) is 15.8. The van der Waals surface area contributed by atoms with Crippen LogP contribution in [-0.4, -0.2) is 60.0 Å². The van der Waals surface area contributed by atoms with Crippen molar-refractivity contribution in [2.45, 2.75) is 19.4 Å². The molecule has 1 aromatic carbocycles. The first kappa shape index (κ1) is 18.0. The van der Waals surface area contributed by atoms with Gasteiger partial charge in [0.05, 0.1) is 5.92 Å². The van der Waals surface area contributed by atoms with Crippen molar-refractivity contribution < 1.29 is 4.79 Å². The van der Waals surface area contributed by atoms with Crippen molar-refractivity contribution in [2.75, 3.05) is 44.2 Å². The Hall–Kier alpha value is -2.40. The summed E-state index contributed by atoms with van der Waals surface area (Å²) in [7, 11) is 0. The number of benzene rings is 1. The zero-order valence-corrected chi connectivity index (χ0v) is 15.8. The Morgan fingerprint density at radius 2 is 1.81 bits per heavy atom. The number of hydrogen-bond donors (Lipinski definition) is 0. The van der Waals surface area contributed by atoms with Gasteiger partial charge in [-0.3, -0.25) is 14.7 Å². The number of pyridine rings is 1. The maximum absolute atomic E-state index is 13.1. The van der Waals surface area contributed by atoms with E-state index >= 15 is 0 Å². The van der Waals surface area contributed by atoms with Gasteiger partial charge < -0.3 is 9.80 Å². The standard InChI is InChI=1S/C22H28N4O/c27-22(26-14-12-25(13-15-26)21-8-2-1-3-9-21)20-7-5-11-24(18-20)17-19-6-4-10-23-16-19/h1-4,6,8-10,16,20H,5,7,11-15,17-18H2. The van der Waals surface area contributed by atoms with Gasteiger partial charge >= 0.3 is 0 Å². The molecule has 1 amide bonds. The van der Waals surface area contributed by atoms with Gasteiger partial charge in [0.15, 0.2) is 0 Å². The van der Waals surface area contributed by atoms with Crippen LogP contribution >= 0.6 is 0 Å². The second-order valence-corrected chi connectivity index (χ2v) is 7.58. The Bertz CT molecular complexity index is 728. The predicted octanol–water partition coefficient (Wildman–Crippen LogP) is 2.64. The number of rotatable bonds is 4. The van der Waals surface area contributed by atoms with E-state index in [4.69, 9.17) is 0 Å². The molecule has 142 valence electrons. The summed E-state index contributed by atoms with van der Waals surface area (Å²) in [6.07, 6.45) is 5.84. The number of piperidine rings is 1. The largest absolute Gasteiger partial charge is 0.368 e. The van der Waals surface area contributed by atoms with Crippen LogP contribution in [0.2, 0.25) is 0 Å². The highest BCUT2D eigenvalue weighted by Crippen LogP contribution is 2.22. The van der Waals surface area contributed by atoms with Gasteiger partial charge in [-0.1, -0.05) is 24.3 Å². The molecule has 5 heteroatoms. The fourth-order valence-electron chi connectivity index (χ4n) is 4.23. The average molecular weight is 364 g/mol. The van der Waals surface area contributed by atoms with Crippen molar-refractivity contribution in [3.8, 4) is 0 Å². The van der Waals surface area contributed by atoms with Crippen LogP contribution in [0.1, 0.15) is 18.4 Å². The van der Waals surface area contributed by atoms with E-state index in [1.807, 2.05) is 18.3 Å². The minimum atomic E-state index is 0.138. The summed E-state index contributed by atoms with van der Waals surface area (Å²) in [4.78, 5) is 24.1. The molecule has 2 aromatic rings. The Morgan fingerprint density at radius 1 is 1.00 bits per heavy atom. The summed E-state index contributed by atoms with van der Waals surface area (Å²) < 4.78 is 0. The molecule has 1 unspecified atom stereocenters. The van der Waals surface area contributed by atoms with Crippen LogP contribution in [0.3, 0.4) is 0 Å². The molecular formula is C22H28N4O. The summed E-state index contributed by atoms with van der Waals surface area (Å²) >= 11 is 0. The molecule has 0 aliphatic carbocycles. The molecule has 0 bridgehead atoms. The summed E-state index contributed by atoms with van der Waals surface area (Å²) in [6.45, 7) is 6.32. The zero-order chi connectivity index (χ0) is 18.5. The number of nitrogens with zero attached hydrogens (tertiary/aromatic N) is 4. The lowest BCUT2D eigenvalue weighted by Gasteiger charge is -2.39. The molecule has 4 rings (SSSR count). The lowest BCUT2D eigenvalue weighted by molar-refractivity contribution is -0.137. The molecule has 0 radical (unpaired) electrons. The number of para-hydroxylation sites is 1. The van der Waals surface area contributed by atoms with Crippen molar-refractivity contribution in [1.29, 1.82) is 0 Å². The number of hydrogen-bond acceptors (Lipinski definition) is 4. The molecule has 1 aromatic heterocycles. The first-order chi connectivity index (χ1) is 13.3. The summed E-state index contributed by atoms with van der Waals surface area (Å²) in [5.41, 5.74) is 2.48. The Kier molecular flexibility index (Phi) is 5.68. The van der Waals surface area contributed by atoms with Crippen LogP contribution in [-0.2, 0) is 11.3 Å². The number of carbonyl (C=O) groups excluding carboxylic acids is 1. The number of likely N-dealkylation sites (tertiary alicyclic amines) is 1. The molecule has 2 aliphatic rings. The third-order valence-electron chi connectivity index (χ3n) is 5.70. The smallest absolute Gasteiger partial charge is 0.227 e. The molecule has 0 N–H and O–H groups in total. The van der Waals surface area contributed by atoms with Crippen molar-refractivity contribution in [3.63, 3.8) is 0 Å². The first-order valence-corrected chi connectivity index (χ1v) is 9.99. The van der Waals surface area contributed by atoms with E-state index < -0.39 is 0 Å². The minimum absolute atomic E-state index is 0.138. The molecule has 2 fully saturated rings. The maximum Gasteiger partial charge on any atom is 0.227 e. The normalized spacial score (nSPS) is 21.3. The van der Waals surface area contributed by atoms with E-state index in [0.29, 0.717) is 5.91 Å². The van der Waals surface area contributed by atoms with Gasteiger partial charge in [0, 0.05) is 57.3 Å². The molecule has 27 heavy (non-hydrogen) atoms. The van der Waals surface area contributed by atoms with Crippen LogP contribution in [0.25, 0.3) is 0 Å². The second-order valence-electron chi connectivity index (χ2n) is 7.58. The van der Waals surface area contributed by atoms with Gasteiger partial charge in [0.2, 0.25) is 5.91 Å². The second kappa shape index (κ2) is 8.53. The number of anilines is 1. The molecule has 2 aliphatic heterocycles. The number of amides is 1. The van der Waals surface area contributed by atoms with Crippen molar-refractivity contribution in [3.05, 3.63) is 60.4 Å². The van der Waals surface area contributed by atoms with E-state index in [-0.39, 0.29) is 5.92 Å². The minimum Gasteiger partial charge on any atom is -0.368 e. The van der Waals surface area contributed by atoms with Gasteiger partial charge in [-0.2, -0.15) is 0 Å². The molecule has 2 saturated heterocycles. The van der Waals surface area contributed by atoms with Gasteiger partial charge in [-0.25, -0.2) is 0 Å². The summed E-state index contributed by atoms with van der Waals surface area (Å²) in [5, 5.41) is 0. The molecule has 0 spiro atoms. The summed E-state index contributed by atoms with van der Waals surface area (Å²) in [5.74, 6) is 0.484. The maximum atomic E-state index is 13.1. The van der Waals surface area contributed by atoms with Gasteiger partial charge in [-0.05, 0) is 43.1 Å². The Morgan fingerprint density at radius 3 is 2.56 bits per heavy atom. The van der Waals surface area contributed by atoms with E-state index in [1.165, 1.54) is 11.3 Å². The van der Waals surface area contributed by atoms with Crippen LogP contribution in [0.4, 0.5) is 5.69 Å². The predicted molar refractivity (Wildman–Crippen MR) is 107 cm³/mol. The lowest BCUT2D eigenvalue weighted by Crippen LogP contribution is -2.52. The van der Waals surface area contributed by atoms with E-state index in [9.17, 15) is 4.79 Å². The average Bonchev–Trinajstić information content (AvgIpc) is 2.75. The van der Waals surface area contributed by atoms with Crippen LogP contribution in [0.5, 0.6) is 0 Å². The number of aromatic nitrogens is 1. The quantitative estimate of drug-likeness (QED) is 0.836. The Labute approximate surface area is 161 Å². The van der Waals surface area contributed by atoms with E-state index in [2.05, 4.69) is 50.0 Å². The van der Waals surface area contributed by atoms with Crippen LogP contribution in [0, 0.1) is 5.92 Å². The van der Waals surface area contributed by atoms with E-state index in [1.54, 1.807) is 6.20 Å². The number of carbonyl (C=O) groups is 1. The van der Waals surface area contributed by atoms with Crippen molar-refractivity contribution >= 4 is 11.6 Å². The third-order valence-corrected chi connectivity index (χ3v) is 5.70. The third kappa shape index (κ3) is 4.48. The molecule has 1 atom stereocenters. The van der Waals surface area contributed by atoms with Crippen molar-refractivity contribution in [2.24, 2.45) is 5.92 Å². The molecule has 5 nitrogen and oxygen atoms in total. The first-order valence-electron chi connectivity index (χ1n) is 9.99. The molecule has 3 heterocycles. The fourth-order valence-corrected chi connectivity index (χ4v) is 4.23. The van der Waals surface area contributed by atoms with Gasteiger partial charge in [-0.15, -0.1) is 0 Å². The van der Waals surface area contributed by atoms with Gasteiger partial charge in [0.25, 0.3) is 0 Å². The van der Waals surface area contributed by atoms with Crippen LogP contribution in [0.15, 0.2) is 54.9 Å². The SMILES string of the molecule is O=C(C1CCCN(Cc2cccnc2)C1)N1CCN(c2ccccc2)CC1. The molecule has 0 saturated carbocycles. The van der Waals surface area contributed by atoms with Gasteiger partial charge in [0.1, 0.15) is 0 Å². The molecular weight excluding hydrogens is 336 g/mol. The van der Waals surface area contributed by atoms with Crippen molar-refractivity contribution in [1.82, 2.24) is 14.8 Å². The highest BCUT2D eigenvalue weighted by atomic mass is 16.2. The summed E-state index contributed by atoms with van der Waals surface area (Å²) in [6, 6.07) is 14.6. The fraction of sp³-hybridized carbons (Fsp3) is 0.455. The van der Waals surface area contributed by atoms with E-state index in [0.717, 1.165) is 58.7 Å². The monoisotopic (exact) mass is 364 g/mol. The highest BCUT2D eigenvalue weighted by molar-refractivity contribution is 5.79. The topological polar surface area (TPSA) is 39.7 Å². The number of piperazine rings is 1. The lowest BCUT2D eigenvalue weighted by atomic mass is 9.95. The Balaban J connectivity index is 1.30. The highest BCUT2D eigenvalue weighted by Gasteiger charge is 2.31.